The van der Waals surface area contributed by atoms with Crippen molar-refractivity contribution in [2.45, 2.75) is 6.54 Å². The van der Waals surface area contributed by atoms with Gasteiger partial charge < -0.3 is 4.90 Å². The molecule has 8 heteroatoms. The number of aromatic nitrogens is 4. The summed E-state index contributed by atoms with van der Waals surface area (Å²) in [5, 5.41) is 12.3. The zero-order valence-corrected chi connectivity index (χ0v) is 14.7. The summed E-state index contributed by atoms with van der Waals surface area (Å²) in [6, 6.07) is 8.29. The van der Waals surface area contributed by atoms with Crippen molar-refractivity contribution in [3.63, 3.8) is 0 Å². The predicted molar refractivity (Wildman–Crippen MR) is 98.1 cm³/mol. The largest absolute Gasteiger partial charge is 0.366 e. The molecule has 1 saturated heterocycles. The molecule has 0 radical (unpaired) electrons. The first-order valence-corrected chi connectivity index (χ1v) is 8.62. The van der Waals surface area contributed by atoms with Crippen molar-refractivity contribution in [3.05, 3.63) is 51.5 Å². The van der Waals surface area contributed by atoms with Gasteiger partial charge >= 0.3 is 0 Å². The molecule has 1 aliphatic heterocycles. The molecule has 1 N–H and O–H groups in total. The lowest BCUT2D eigenvalue weighted by molar-refractivity contribution is 0.247. The van der Waals surface area contributed by atoms with Crippen molar-refractivity contribution in [2.75, 3.05) is 31.1 Å². The molecule has 1 fully saturated rings. The second kappa shape index (κ2) is 6.50. The highest BCUT2D eigenvalue weighted by Crippen LogP contribution is 2.23. The molecule has 0 spiro atoms. The number of halogens is 1. The number of aromatic amines is 1. The molecule has 3 aromatic rings. The molecule has 130 valence electrons. The molecule has 0 saturated carbocycles. The Bertz CT molecular complexity index is 957. The molecule has 1 aliphatic rings. The third-order valence-electron chi connectivity index (χ3n) is 4.70. The number of para-hydroxylation sites is 1. The Kier molecular flexibility index (Phi) is 4.19. The number of H-pyrrole nitrogens is 1. The summed E-state index contributed by atoms with van der Waals surface area (Å²) in [4.78, 5) is 16.1. The van der Waals surface area contributed by atoms with Crippen molar-refractivity contribution in [1.82, 2.24) is 24.9 Å². The average molecular weight is 359 g/mol. The number of rotatable bonds is 3. The summed E-state index contributed by atoms with van der Waals surface area (Å²) in [6.07, 6.45) is 1.62. The van der Waals surface area contributed by atoms with Crippen LogP contribution in [0.2, 0.25) is 5.02 Å². The highest BCUT2D eigenvalue weighted by Gasteiger charge is 2.21. The average Bonchev–Trinajstić information content (AvgIpc) is 2.94. The number of piperazine rings is 1. The van der Waals surface area contributed by atoms with E-state index in [1.165, 1.54) is 5.39 Å². The number of nitrogens with zero attached hydrogens (tertiary/aromatic N) is 5. The summed E-state index contributed by atoms with van der Waals surface area (Å²) in [5.74, 6) is 0. The van der Waals surface area contributed by atoms with Crippen LogP contribution >= 0.6 is 11.6 Å². The van der Waals surface area contributed by atoms with Gasteiger partial charge in [0.15, 0.2) is 0 Å². The maximum Gasteiger partial charge on any atom is 0.285 e. The van der Waals surface area contributed by atoms with Gasteiger partial charge in [0, 0.05) is 45.2 Å². The van der Waals surface area contributed by atoms with E-state index >= 15 is 0 Å². The number of benzene rings is 1. The number of fused-ring (bicyclic) bond motifs is 1. The minimum absolute atomic E-state index is 0.208. The van der Waals surface area contributed by atoms with Crippen molar-refractivity contribution < 1.29 is 0 Å². The van der Waals surface area contributed by atoms with Crippen LogP contribution in [0.4, 0.5) is 5.69 Å². The van der Waals surface area contributed by atoms with Gasteiger partial charge in [0.25, 0.3) is 5.56 Å². The molecule has 0 unspecified atom stereocenters. The van der Waals surface area contributed by atoms with Crippen LogP contribution in [0, 0.1) is 0 Å². The molecule has 1 aromatic carbocycles. The molecule has 3 heterocycles. The van der Waals surface area contributed by atoms with E-state index < -0.39 is 0 Å². The molecule has 0 bridgehead atoms. The molecule has 25 heavy (non-hydrogen) atoms. The van der Waals surface area contributed by atoms with E-state index in [2.05, 4.69) is 37.2 Å². The molecule has 7 nitrogen and oxygen atoms in total. The van der Waals surface area contributed by atoms with E-state index in [9.17, 15) is 4.79 Å². The molecule has 4 rings (SSSR count). The summed E-state index contributed by atoms with van der Waals surface area (Å²) >= 11 is 6.11. The second-order valence-electron chi connectivity index (χ2n) is 6.25. The smallest absolute Gasteiger partial charge is 0.285 e. The standard InChI is InChI=1S/C17H19ClN6O/c1-22-14-5-3-2-4-12(14)13(21-22)11-23-6-8-24(9-7-23)15-10-19-20-17(25)16(15)18/h2-5,10H,6-9,11H2,1H3,(H,20,25). The van der Waals surface area contributed by atoms with E-state index in [1.54, 1.807) is 6.20 Å². The maximum absolute atomic E-state index is 11.6. The lowest BCUT2D eigenvalue weighted by Gasteiger charge is -2.35. The van der Waals surface area contributed by atoms with Gasteiger partial charge in [0.2, 0.25) is 0 Å². The van der Waals surface area contributed by atoms with Crippen LogP contribution in [0.5, 0.6) is 0 Å². The summed E-state index contributed by atoms with van der Waals surface area (Å²) < 4.78 is 1.93. The molecule has 0 amide bonds. The van der Waals surface area contributed by atoms with Crippen molar-refractivity contribution >= 4 is 28.2 Å². The Morgan fingerprint density at radius 2 is 1.96 bits per heavy atom. The first-order chi connectivity index (χ1) is 12.1. The van der Waals surface area contributed by atoms with E-state index in [1.807, 2.05) is 23.9 Å². The Balaban J connectivity index is 1.47. The van der Waals surface area contributed by atoms with Crippen LogP contribution in [-0.2, 0) is 13.6 Å². The van der Waals surface area contributed by atoms with Crippen molar-refractivity contribution in [2.24, 2.45) is 7.05 Å². The Hall–Kier alpha value is -2.38. The molecule has 0 aliphatic carbocycles. The number of nitrogens with one attached hydrogen (secondary N) is 1. The minimum atomic E-state index is -0.346. The molecule has 0 atom stereocenters. The third-order valence-corrected chi connectivity index (χ3v) is 5.06. The lowest BCUT2D eigenvalue weighted by atomic mass is 10.2. The fourth-order valence-corrected chi connectivity index (χ4v) is 3.57. The Morgan fingerprint density at radius 1 is 1.20 bits per heavy atom. The van der Waals surface area contributed by atoms with E-state index in [0.29, 0.717) is 5.69 Å². The van der Waals surface area contributed by atoms with E-state index in [0.717, 1.165) is 43.9 Å². The monoisotopic (exact) mass is 358 g/mol. The van der Waals surface area contributed by atoms with Crippen LogP contribution in [0.3, 0.4) is 0 Å². The molecular formula is C17H19ClN6O. The molecular weight excluding hydrogens is 340 g/mol. The van der Waals surface area contributed by atoms with Gasteiger partial charge in [-0.15, -0.1) is 0 Å². The van der Waals surface area contributed by atoms with Gasteiger partial charge in [-0.25, -0.2) is 5.10 Å². The zero-order chi connectivity index (χ0) is 17.4. The fraction of sp³-hybridized carbons (Fsp3) is 0.353. The van der Waals surface area contributed by atoms with Gasteiger partial charge in [0.05, 0.1) is 23.1 Å². The van der Waals surface area contributed by atoms with Crippen LogP contribution in [0.15, 0.2) is 35.3 Å². The summed E-state index contributed by atoms with van der Waals surface area (Å²) in [7, 11) is 1.98. The van der Waals surface area contributed by atoms with Crippen LogP contribution < -0.4 is 10.5 Å². The number of hydrogen-bond acceptors (Lipinski definition) is 5. The summed E-state index contributed by atoms with van der Waals surface area (Å²) in [5.41, 5.74) is 2.61. The first-order valence-electron chi connectivity index (χ1n) is 8.24. The van der Waals surface area contributed by atoms with Gasteiger partial charge in [-0.2, -0.15) is 10.2 Å². The van der Waals surface area contributed by atoms with E-state index in [4.69, 9.17) is 11.6 Å². The zero-order valence-electron chi connectivity index (χ0n) is 13.9. The van der Waals surface area contributed by atoms with Gasteiger partial charge in [-0.3, -0.25) is 14.4 Å². The maximum atomic E-state index is 11.6. The van der Waals surface area contributed by atoms with Crippen molar-refractivity contribution in [3.8, 4) is 0 Å². The topological polar surface area (TPSA) is 70.1 Å². The Labute approximate surface area is 149 Å². The van der Waals surface area contributed by atoms with E-state index in [-0.39, 0.29) is 10.6 Å². The van der Waals surface area contributed by atoms with Gasteiger partial charge in [0.1, 0.15) is 5.02 Å². The van der Waals surface area contributed by atoms with Crippen molar-refractivity contribution in [1.29, 1.82) is 0 Å². The number of hydrogen-bond donors (Lipinski definition) is 1. The summed E-state index contributed by atoms with van der Waals surface area (Å²) in [6.45, 7) is 4.18. The lowest BCUT2D eigenvalue weighted by Crippen LogP contribution is -2.46. The quantitative estimate of drug-likeness (QED) is 0.770. The van der Waals surface area contributed by atoms with Crippen LogP contribution in [0.1, 0.15) is 5.69 Å². The Morgan fingerprint density at radius 3 is 2.76 bits per heavy atom. The molecule has 2 aromatic heterocycles. The third kappa shape index (κ3) is 3.01. The highest BCUT2D eigenvalue weighted by atomic mass is 35.5. The second-order valence-corrected chi connectivity index (χ2v) is 6.63. The SMILES string of the molecule is Cn1nc(CN2CCN(c3cn[nH]c(=O)c3Cl)CC2)c2ccccc21. The predicted octanol–water partition coefficient (Wildman–Crippen LogP) is 1.63. The minimum Gasteiger partial charge on any atom is -0.366 e. The van der Waals surface area contributed by atoms with Crippen LogP contribution in [-0.4, -0.2) is 51.1 Å². The fourth-order valence-electron chi connectivity index (χ4n) is 3.36. The van der Waals surface area contributed by atoms with Crippen LogP contribution in [0.25, 0.3) is 10.9 Å². The highest BCUT2D eigenvalue weighted by molar-refractivity contribution is 6.33. The first kappa shape index (κ1) is 16.1. The normalized spacial score (nSPS) is 15.8. The van der Waals surface area contributed by atoms with Gasteiger partial charge in [-0.1, -0.05) is 29.8 Å². The van der Waals surface area contributed by atoms with Gasteiger partial charge in [-0.05, 0) is 6.07 Å². The number of anilines is 1. The number of aryl methyl sites for hydroxylation is 1.